The predicted octanol–water partition coefficient (Wildman–Crippen LogP) is 2.86. The summed E-state index contributed by atoms with van der Waals surface area (Å²) in [5.74, 6) is 0.192. The molecule has 1 N–H and O–H groups in total. The highest BCUT2D eigenvalue weighted by Gasteiger charge is 2.23. The fourth-order valence-electron chi connectivity index (χ4n) is 3.57. The summed E-state index contributed by atoms with van der Waals surface area (Å²) in [4.78, 5) is 32.4. The van der Waals surface area contributed by atoms with E-state index in [-0.39, 0.29) is 11.8 Å². The molecule has 5 heteroatoms. The molecule has 0 aliphatic carbocycles. The summed E-state index contributed by atoms with van der Waals surface area (Å²) in [5, 5.41) is 0. The number of hydrogen-bond acceptors (Lipinski definition) is 2. The molecule has 2 heterocycles. The van der Waals surface area contributed by atoms with Crippen molar-refractivity contribution in [2.75, 3.05) is 26.2 Å². The van der Waals surface area contributed by atoms with E-state index in [1.54, 1.807) is 0 Å². The van der Waals surface area contributed by atoms with Crippen LogP contribution in [-0.2, 0) is 11.2 Å². The number of aromatic nitrogens is 1. The average Bonchev–Trinajstić information content (AvgIpc) is 2.80. The van der Waals surface area contributed by atoms with Crippen LogP contribution in [0.4, 0.5) is 0 Å². The van der Waals surface area contributed by atoms with Crippen LogP contribution in [0.2, 0.25) is 0 Å². The van der Waals surface area contributed by atoms with Crippen LogP contribution in [-0.4, -0.2) is 52.8 Å². The second-order valence-corrected chi connectivity index (χ2v) is 7.18. The van der Waals surface area contributed by atoms with Gasteiger partial charge in [0.1, 0.15) is 0 Å². The second-order valence-electron chi connectivity index (χ2n) is 7.18. The van der Waals surface area contributed by atoms with Crippen LogP contribution in [0.1, 0.15) is 39.3 Å². The van der Waals surface area contributed by atoms with Gasteiger partial charge >= 0.3 is 0 Å². The van der Waals surface area contributed by atoms with E-state index in [4.69, 9.17) is 0 Å². The second kappa shape index (κ2) is 7.77. The van der Waals surface area contributed by atoms with E-state index in [2.05, 4.69) is 4.98 Å². The standard InChI is InChI=1S/C21H27N3O2/c1-15-6-4-7-18(12-15)21(26)24-9-5-8-23(10-11-24)20(25)14-19-13-16(2)22-17(19)3/h4,6-7,12-13,22H,5,8-11,14H2,1-3H3. The van der Waals surface area contributed by atoms with Gasteiger partial charge in [0.15, 0.2) is 0 Å². The van der Waals surface area contributed by atoms with Gasteiger partial charge in [-0.1, -0.05) is 17.7 Å². The molecule has 1 aliphatic heterocycles. The zero-order valence-electron chi connectivity index (χ0n) is 15.8. The van der Waals surface area contributed by atoms with Gasteiger partial charge in [-0.25, -0.2) is 0 Å². The molecule has 5 nitrogen and oxygen atoms in total. The first-order valence-corrected chi connectivity index (χ1v) is 9.23. The highest BCUT2D eigenvalue weighted by molar-refractivity contribution is 5.94. The molecule has 3 rings (SSSR count). The molecule has 1 fully saturated rings. The Morgan fingerprint density at radius 3 is 2.42 bits per heavy atom. The number of amides is 2. The van der Waals surface area contributed by atoms with Crippen molar-refractivity contribution in [3.63, 3.8) is 0 Å². The van der Waals surface area contributed by atoms with E-state index in [1.165, 1.54) is 0 Å². The molecule has 0 saturated carbocycles. The van der Waals surface area contributed by atoms with Crippen molar-refractivity contribution in [1.82, 2.24) is 14.8 Å². The molecule has 1 aromatic carbocycles. The number of aromatic amines is 1. The number of carbonyl (C=O) groups is 2. The number of benzene rings is 1. The zero-order valence-corrected chi connectivity index (χ0v) is 15.8. The van der Waals surface area contributed by atoms with Crippen LogP contribution in [0, 0.1) is 20.8 Å². The number of carbonyl (C=O) groups excluding carboxylic acids is 2. The smallest absolute Gasteiger partial charge is 0.253 e. The molecule has 1 saturated heterocycles. The molecule has 0 atom stereocenters. The van der Waals surface area contributed by atoms with Crippen molar-refractivity contribution in [3.8, 4) is 0 Å². The number of nitrogens with one attached hydrogen (secondary N) is 1. The molecule has 1 aliphatic rings. The number of rotatable bonds is 3. The summed E-state index contributed by atoms with van der Waals surface area (Å²) in [6.07, 6.45) is 1.23. The van der Waals surface area contributed by atoms with Gasteiger partial charge in [0.05, 0.1) is 6.42 Å². The maximum Gasteiger partial charge on any atom is 0.253 e. The highest BCUT2D eigenvalue weighted by Crippen LogP contribution is 2.14. The topological polar surface area (TPSA) is 56.4 Å². The molecular weight excluding hydrogens is 326 g/mol. The monoisotopic (exact) mass is 353 g/mol. The van der Waals surface area contributed by atoms with Gasteiger partial charge in [-0.05, 0) is 51.0 Å². The number of H-pyrrole nitrogens is 1. The summed E-state index contributed by atoms with van der Waals surface area (Å²) in [6, 6.07) is 9.73. The lowest BCUT2D eigenvalue weighted by Crippen LogP contribution is -2.38. The fraction of sp³-hybridized carbons (Fsp3) is 0.429. The number of aryl methyl sites for hydroxylation is 3. The van der Waals surface area contributed by atoms with E-state index < -0.39 is 0 Å². The van der Waals surface area contributed by atoms with Gasteiger partial charge < -0.3 is 14.8 Å². The Labute approximate surface area is 155 Å². The SMILES string of the molecule is Cc1cccc(C(=O)N2CCCN(C(=O)Cc3cc(C)[nH]c3C)CC2)c1. The first kappa shape index (κ1) is 18.2. The van der Waals surface area contributed by atoms with Crippen LogP contribution in [0.3, 0.4) is 0 Å². The lowest BCUT2D eigenvalue weighted by atomic mass is 10.1. The van der Waals surface area contributed by atoms with Crippen molar-refractivity contribution in [1.29, 1.82) is 0 Å². The normalized spacial score (nSPS) is 15.0. The minimum Gasteiger partial charge on any atom is -0.362 e. The Morgan fingerprint density at radius 2 is 1.73 bits per heavy atom. The minimum atomic E-state index is 0.0557. The van der Waals surface area contributed by atoms with Crippen molar-refractivity contribution >= 4 is 11.8 Å². The van der Waals surface area contributed by atoms with E-state index in [9.17, 15) is 9.59 Å². The minimum absolute atomic E-state index is 0.0557. The zero-order chi connectivity index (χ0) is 18.7. The van der Waals surface area contributed by atoms with E-state index in [1.807, 2.05) is 60.9 Å². The third-order valence-corrected chi connectivity index (χ3v) is 5.00. The molecule has 0 unspecified atom stereocenters. The van der Waals surface area contributed by atoms with Gasteiger partial charge in [-0.3, -0.25) is 9.59 Å². The average molecular weight is 353 g/mol. The predicted molar refractivity (Wildman–Crippen MR) is 102 cm³/mol. The van der Waals surface area contributed by atoms with Crippen molar-refractivity contribution in [2.45, 2.75) is 33.6 Å². The lowest BCUT2D eigenvalue weighted by molar-refractivity contribution is -0.130. The Kier molecular flexibility index (Phi) is 5.45. The fourth-order valence-corrected chi connectivity index (χ4v) is 3.57. The summed E-state index contributed by atoms with van der Waals surface area (Å²) >= 11 is 0. The summed E-state index contributed by atoms with van der Waals surface area (Å²) < 4.78 is 0. The number of hydrogen-bond donors (Lipinski definition) is 1. The molecule has 138 valence electrons. The summed E-state index contributed by atoms with van der Waals surface area (Å²) in [6.45, 7) is 8.58. The van der Waals surface area contributed by atoms with E-state index in [0.29, 0.717) is 32.6 Å². The molecule has 1 aromatic heterocycles. The third kappa shape index (κ3) is 4.15. The first-order valence-electron chi connectivity index (χ1n) is 9.23. The summed E-state index contributed by atoms with van der Waals surface area (Å²) in [5.41, 5.74) is 5.00. The largest absolute Gasteiger partial charge is 0.362 e. The van der Waals surface area contributed by atoms with Gasteiger partial charge in [-0.2, -0.15) is 0 Å². The van der Waals surface area contributed by atoms with Crippen LogP contribution < -0.4 is 0 Å². The van der Waals surface area contributed by atoms with Gasteiger partial charge in [0.25, 0.3) is 5.91 Å². The Balaban J connectivity index is 1.61. The molecular formula is C21H27N3O2. The maximum atomic E-state index is 12.7. The van der Waals surface area contributed by atoms with Gasteiger partial charge in [0, 0.05) is 43.1 Å². The molecule has 0 spiro atoms. The van der Waals surface area contributed by atoms with E-state index >= 15 is 0 Å². The third-order valence-electron chi connectivity index (χ3n) is 5.00. The first-order chi connectivity index (χ1) is 12.4. The Bertz CT molecular complexity index is 809. The lowest BCUT2D eigenvalue weighted by Gasteiger charge is -2.22. The van der Waals surface area contributed by atoms with Gasteiger partial charge in [-0.15, -0.1) is 0 Å². The highest BCUT2D eigenvalue weighted by atomic mass is 16.2. The van der Waals surface area contributed by atoms with Crippen molar-refractivity contribution in [2.24, 2.45) is 0 Å². The van der Waals surface area contributed by atoms with Gasteiger partial charge in [0.2, 0.25) is 5.91 Å². The van der Waals surface area contributed by atoms with Crippen LogP contribution in [0.5, 0.6) is 0 Å². The molecule has 26 heavy (non-hydrogen) atoms. The van der Waals surface area contributed by atoms with Crippen molar-refractivity contribution in [3.05, 3.63) is 58.4 Å². The number of nitrogens with zero attached hydrogens (tertiary/aromatic N) is 2. The van der Waals surface area contributed by atoms with Crippen molar-refractivity contribution < 1.29 is 9.59 Å². The van der Waals surface area contributed by atoms with Crippen LogP contribution in [0.15, 0.2) is 30.3 Å². The van der Waals surface area contributed by atoms with Crippen LogP contribution >= 0.6 is 0 Å². The molecule has 0 bridgehead atoms. The van der Waals surface area contributed by atoms with Crippen LogP contribution in [0.25, 0.3) is 0 Å². The molecule has 2 amide bonds. The summed E-state index contributed by atoms with van der Waals surface area (Å²) in [7, 11) is 0. The Hall–Kier alpha value is -2.56. The molecule has 0 radical (unpaired) electrons. The van der Waals surface area contributed by atoms with E-state index in [0.717, 1.165) is 34.5 Å². The molecule has 2 aromatic rings. The Morgan fingerprint density at radius 1 is 1.00 bits per heavy atom. The quantitative estimate of drug-likeness (QED) is 0.922. The maximum absolute atomic E-state index is 12.7.